The second-order valence-electron chi connectivity index (χ2n) is 15.9. The Hall–Kier alpha value is -8.47. The van der Waals surface area contributed by atoms with Gasteiger partial charge in [-0.25, -0.2) is 15.0 Å². The molecule has 0 fully saturated rings. The first-order valence-electron chi connectivity index (χ1n) is 21.3. The van der Waals surface area contributed by atoms with Crippen molar-refractivity contribution in [2.75, 3.05) is 0 Å². The Morgan fingerprint density at radius 2 is 0.762 bits per heavy atom. The standard InChI is InChI=1S/C59H37N3O/c1-3-16-38(17-4-1)44-23-7-8-24-47(44)50-28-14-20-40-32-33-43(37-53(40)50)58-60-57(61-59(62-58)52-29-15-31-55-56(52)51-27-11-12-30-54(51)63-55)42-22-13-21-41(36-42)46-35-34-45(39-18-5-2-6-19-39)48-25-9-10-26-49(46)48/h1-37H. The zero-order valence-electron chi connectivity index (χ0n) is 34.1. The monoisotopic (exact) mass is 803 g/mol. The van der Waals surface area contributed by atoms with Crippen LogP contribution in [-0.4, -0.2) is 15.0 Å². The van der Waals surface area contributed by atoms with E-state index in [0.29, 0.717) is 17.5 Å². The molecule has 10 aromatic carbocycles. The summed E-state index contributed by atoms with van der Waals surface area (Å²) >= 11 is 0. The number of benzene rings is 10. The lowest BCUT2D eigenvalue weighted by molar-refractivity contribution is 0.669. The molecule has 0 spiro atoms. The topological polar surface area (TPSA) is 51.8 Å². The highest BCUT2D eigenvalue weighted by Gasteiger charge is 2.20. The van der Waals surface area contributed by atoms with Crippen LogP contribution in [0.15, 0.2) is 229 Å². The molecule has 12 aromatic rings. The molecule has 0 unspecified atom stereocenters. The molecule has 0 N–H and O–H groups in total. The number of hydrogen-bond acceptors (Lipinski definition) is 4. The smallest absolute Gasteiger partial charge is 0.164 e. The Balaban J connectivity index is 1.05. The normalized spacial score (nSPS) is 11.5. The molecule has 0 saturated carbocycles. The van der Waals surface area contributed by atoms with Crippen LogP contribution in [-0.2, 0) is 0 Å². The summed E-state index contributed by atoms with van der Waals surface area (Å²) in [6.45, 7) is 0. The number of nitrogens with zero attached hydrogens (tertiary/aromatic N) is 3. The van der Waals surface area contributed by atoms with E-state index in [1.54, 1.807) is 0 Å². The van der Waals surface area contributed by atoms with Crippen LogP contribution in [0.25, 0.3) is 122 Å². The molecule has 2 aromatic heterocycles. The maximum Gasteiger partial charge on any atom is 0.164 e. The molecule has 63 heavy (non-hydrogen) atoms. The minimum absolute atomic E-state index is 0.582. The summed E-state index contributed by atoms with van der Waals surface area (Å²) in [4.78, 5) is 15.9. The Kier molecular flexibility index (Phi) is 8.79. The fourth-order valence-electron chi connectivity index (χ4n) is 9.20. The maximum atomic E-state index is 6.35. The average molecular weight is 804 g/mol. The molecular formula is C59H37N3O. The first-order valence-corrected chi connectivity index (χ1v) is 21.3. The number of furan rings is 1. The maximum absolute atomic E-state index is 6.35. The van der Waals surface area contributed by atoms with E-state index >= 15 is 0 Å². The van der Waals surface area contributed by atoms with E-state index in [1.807, 2.05) is 30.3 Å². The molecule has 0 atom stereocenters. The SMILES string of the molecule is c1ccc(-c2ccccc2-c2cccc3ccc(-c4nc(-c5cccc(-c6ccc(-c7ccccc7)c7ccccc67)c5)nc(-c5cccc6oc7ccccc7c56)n4)cc23)cc1. The van der Waals surface area contributed by atoms with Crippen molar-refractivity contribution in [2.45, 2.75) is 0 Å². The molecule has 12 rings (SSSR count). The summed E-state index contributed by atoms with van der Waals surface area (Å²) in [5.41, 5.74) is 13.6. The Labute approximate surface area is 364 Å². The first-order chi connectivity index (χ1) is 31.2. The third-order valence-electron chi connectivity index (χ3n) is 12.2. The quantitative estimate of drug-likeness (QED) is 0.161. The van der Waals surface area contributed by atoms with Gasteiger partial charge in [0.05, 0.1) is 0 Å². The van der Waals surface area contributed by atoms with Crippen molar-refractivity contribution in [3.05, 3.63) is 224 Å². The molecule has 0 aliphatic carbocycles. The largest absolute Gasteiger partial charge is 0.456 e. The van der Waals surface area contributed by atoms with E-state index in [0.717, 1.165) is 66.1 Å². The lowest BCUT2D eigenvalue weighted by atomic mass is 9.91. The van der Waals surface area contributed by atoms with Crippen molar-refractivity contribution in [1.82, 2.24) is 15.0 Å². The number of hydrogen-bond donors (Lipinski definition) is 0. The van der Waals surface area contributed by atoms with Gasteiger partial charge in [0, 0.05) is 27.5 Å². The lowest BCUT2D eigenvalue weighted by Gasteiger charge is -2.14. The van der Waals surface area contributed by atoms with Gasteiger partial charge in [-0.15, -0.1) is 0 Å². The van der Waals surface area contributed by atoms with Crippen molar-refractivity contribution in [1.29, 1.82) is 0 Å². The molecule has 0 saturated heterocycles. The fourth-order valence-corrected chi connectivity index (χ4v) is 9.20. The average Bonchev–Trinajstić information content (AvgIpc) is 3.75. The minimum atomic E-state index is 0.582. The molecular weight excluding hydrogens is 767 g/mol. The molecule has 0 bridgehead atoms. The zero-order chi connectivity index (χ0) is 41.7. The molecule has 0 aliphatic rings. The highest BCUT2D eigenvalue weighted by molar-refractivity contribution is 6.12. The highest BCUT2D eigenvalue weighted by atomic mass is 16.3. The van der Waals surface area contributed by atoms with Gasteiger partial charge in [0.2, 0.25) is 0 Å². The second kappa shape index (κ2) is 15.2. The van der Waals surface area contributed by atoms with Crippen LogP contribution in [0.4, 0.5) is 0 Å². The molecule has 294 valence electrons. The van der Waals surface area contributed by atoms with E-state index < -0.39 is 0 Å². The van der Waals surface area contributed by atoms with Crippen LogP contribution in [0, 0.1) is 0 Å². The molecule has 0 radical (unpaired) electrons. The Morgan fingerprint density at radius 1 is 0.254 bits per heavy atom. The van der Waals surface area contributed by atoms with E-state index in [-0.39, 0.29) is 0 Å². The minimum Gasteiger partial charge on any atom is -0.456 e. The third-order valence-corrected chi connectivity index (χ3v) is 12.2. The van der Waals surface area contributed by atoms with Crippen LogP contribution in [0.1, 0.15) is 0 Å². The van der Waals surface area contributed by atoms with Gasteiger partial charge >= 0.3 is 0 Å². The summed E-state index contributed by atoms with van der Waals surface area (Å²) in [5.74, 6) is 1.77. The second-order valence-corrected chi connectivity index (χ2v) is 15.9. The Morgan fingerprint density at radius 3 is 1.52 bits per heavy atom. The molecule has 0 aliphatic heterocycles. The van der Waals surface area contributed by atoms with Gasteiger partial charge < -0.3 is 4.42 Å². The van der Waals surface area contributed by atoms with Gasteiger partial charge in [0.15, 0.2) is 17.5 Å². The summed E-state index contributed by atoms with van der Waals surface area (Å²) in [6, 6.07) is 78.9. The summed E-state index contributed by atoms with van der Waals surface area (Å²) in [5, 5.41) is 6.66. The van der Waals surface area contributed by atoms with Crippen LogP contribution in [0.2, 0.25) is 0 Å². The van der Waals surface area contributed by atoms with Crippen molar-refractivity contribution < 1.29 is 4.42 Å². The number of para-hydroxylation sites is 1. The van der Waals surface area contributed by atoms with Crippen LogP contribution in [0.5, 0.6) is 0 Å². The van der Waals surface area contributed by atoms with Gasteiger partial charge in [-0.05, 0) is 90.3 Å². The highest BCUT2D eigenvalue weighted by Crippen LogP contribution is 2.41. The molecule has 0 amide bonds. The molecule has 4 heteroatoms. The Bertz CT molecular complexity index is 3690. The predicted molar refractivity (Wildman–Crippen MR) is 260 cm³/mol. The van der Waals surface area contributed by atoms with E-state index in [4.69, 9.17) is 19.4 Å². The molecule has 4 nitrogen and oxygen atoms in total. The number of rotatable bonds is 7. The van der Waals surface area contributed by atoms with Crippen molar-refractivity contribution >= 4 is 43.5 Å². The van der Waals surface area contributed by atoms with Crippen LogP contribution < -0.4 is 0 Å². The van der Waals surface area contributed by atoms with Gasteiger partial charge in [0.1, 0.15) is 11.2 Å². The van der Waals surface area contributed by atoms with Crippen molar-refractivity contribution in [2.24, 2.45) is 0 Å². The first kappa shape index (κ1) is 36.4. The molecule has 2 heterocycles. The van der Waals surface area contributed by atoms with E-state index in [2.05, 4.69) is 194 Å². The number of fused-ring (bicyclic) bond motifs is 5. The predicted octanol–water partition coefficient (Wildman–Crippen LogP) is 15.7. The van der Waals surface area contributed by atoms with Gasteiger partial charge in [0.25, 0.3) is 0 Å². The third kappa shape index (κ3) is 6.44. The fraction of sp³-hybridized carbons (Fsp3) is 0. The van der Waals surface area contributed by atoms with Crippen molar-refractivity contribution in [3.63, 3.8) is 0 Å². The van der Waals surface area contributed by atoms with Crippen LogP contribution >= 0.6 is 0 Å². The van der Waals surface area contributed by atoms with Crippen LogP contribution in [0.3, 0.4) is 0 Å². The van der Waals surface area contributed by atoms with E-state index in [1.165, 1.54) is 38.6 Å². The van der Waals surface area contributed by atoms with Crippen molar-refractivity contribution in [3.8, 4) is 78.7 Å². The van der Waals surface area contributed by atoms with Gasteiger partial charge in [-0.3, -0.25) is 0 Å². The summed E-state index contributed by atoms with van der Waals surface area (Å²) in [6.07, 6.45) is 0. The summed E-state index contributed by atoms with van der Waals surface area (Å²) < 4.78 is 6.35. The van der Waals surface area contributed by atoms with Gasteiger partial charge in [-0.1, -0.05) is 200 Å². The van der Waals surface area contributed by atoms with Gasteiger partial charge in [-0.2, -0.15) is 0 Å². The van der Waals surface area contributed by atoms with E-state index in [9.17, 15) is 0 Å². The lowest BCUT2D eigenvalue weighted by Crippen LogP contribution is -2.01. The summed E-state index contributed by atoms with van der Waals surface area (Å²) in [7, 11) is 0. The number of aromatic nitrogens is 3. The zero-order valence-corrected chi connectivity index (χ0v) is 34.1.